The van der Waals surface area contributed by atoms with E-state index in [0.29, 0.717) is 11.8 Å². The topological polar surface area (TPSA) is 24.5 Å². The third-order valence-corrected chi connectivity index (χ3v) is 5.01. The SMILES string of the molecule is CNC(Cc1ccc(OC)c(F)c1)C1(N(C)C)CCCC1. The molecule has 1 aromatic rings. The fourth-order valence-electron chi connectivity index (χ4n) is 3.73. The lowest BCUT2D eigenvalue weighted by Gasteiger charge is -2.43. The second-order valence-electron chi connectivity index (χ2n) is 6.22. The number of methoxy groups -OCH3 is 1. The monoisotopic (exact) mass is 294 g/mol. The first kappa shape index (κ1) is 16.2. The molecule has 0 aromatic heterocycles. The first-order valence-electron chi connectivity index (χ1n) is 7.70. The smallest absolute Gasteiger partial charge is 0.165 e. The minimum atomic E-state index is -0.282. The molecule has 0 amide bonds. The molecule has 3 nitrogen and oxygen atoms in total. The maximum absolute atomic E-state index is 13.9. The van der Waals surface area contributed by atoms with Crippen molar-refractivity contribution in [3.63, 3.8) is 0 Å². The Morgan fingerprint density at radius 3 is 2.48 bits per heavy atom. The summed E-state index contributed by atoms with van der Waals surface area (Å²) in [4.78, 5) is 2.35. The van der Waals surface area contributed by atoms with Crippen LogP contribution in [0.3, 0.4) is 0 Å². The normalized spacial score (nSPS) is 19.0. The highest BCUT2D eigenvalue weighted by Crippen LogP contribution is 2.38. The van der Waals surface area contributed by atoms with Gasteiger partial charge in [0.25, 0.3) is 0 Å². The van der Waals surface area contributed by atoms with Gasteiger partial charge in [-0.15, -0.1) is 0 Å². The number of benzene rings is 1. The molecule has 0 bridgehead atoms. The molecule has 1 aliphatic carbocycles. The van der Waals surface area contributed by atoms with E-state index in [1.54, 1.807) is 12.1 Å². The Kier molecular flexibility index (Phi) is 5.22. The van der Waals surface area contributed by atoms with E-state index in [1.165, 1.54) is 32.8 Å². The van der Waals surface area contributed by atoms with Crippen molar-refractivity contribution < 1.29 is 9.13 Å². The minimum absolute atomic E-state index is 0.172. The van der Waals surface area contributed by atoms with Crippen molar-refractivity contribution in [3.05, 3.63) is 29.6 Å². The van der Waals surface area contributed by atoms with Crippen LogP contribution in [-0.4, -0.2) is 44.7 Å². The Hall–Kier alpha value is -1.13. The Morgan fingerprint density at radius 1 is 1.33 bits per heavy atom. The van der Waals surface area contributed by atoms with Crippen LogP contribution in [-0.2, 0) is 6.42 Å². The Bertz CT molecular complexity index is 470. The largest absolute Gasteiger partial charge is 0.494 e. The van der Waals surface area contributed by atoms with Crippen LogP contribution in [0.15, 0.2) is 18.2 Å². The zero-order chi connectivity index (χ0) is 15.5. The first-order valence-corrected chi connectivity index (χ1v) is 7.70. The molecule has 1 atom stereocenters. The van der Waals surface area contributed by atoms with Crippen LogP contribution >= 0.6 is 0 Å². The Morgan fingerprint density at radius 2 is 2.00 bits per heavy atom. The summed E-state index contributed by atoms with van der Waals surface area (Å²) in [5.74, 6) is 0.0260. The molecular formula is C17H27FN2O. The van der Waals surface area contributed by atoms with Gasteiger partial charge >= 0.3 is 0 Å². The molecule has 0 heterocycles. The second kappa shape index (κ2) is 6.75. The van der Waals surface area contributed by atoms with Gasteiger partial charge in [-0.1, -0.05) is 18.9 Å². The van der Waals surface area contributed by atoms with Gasteiger partial charge in [0.15, 0.2) is 11.6 Å². The fourth-order valence-corrected chi connectivity index (χ4v) is 3.73. The Balaban J connectivity index is 2.20. The lowest BCUT2D eigenvalue weighted by molar-refractivity contribution is 0.108. The maximum atomic E-state index is 13.9. The van der Waals surface area contributed by atoms with E-state index in [2.05, 4.69) is 24.3 Å². The van der Waals surface area contributed by atoms with E-state index in [1.807, 2.05) is 13.1 Å². The molecule has 1 aliphatic rings. The predicted octanol–water partition coefficient (Wildman–Crippen LogP) is 2.84. The summed E-state index contributed by atoms with van der Waals surface area (Å²) in [5.41, 5.74) is 1.19. The molecule has 118 valence electrons. The zero-order valence-corrected chi connectivity index (χ0v) is 13.6. The standard InChI is InChI=1S/C17H27FN2O/c1-19-16(17(20(2)3)9-5-6-10-17)12-13-7-8-15(21-4)14(18)11-13/h7-8,11,16,19H,5-6,9-10,12H2,1-4H3. The van der Waals surface area contributed by atoms with Crippen LogP contribution in [0.25, 0.3) is 0 Å². The van der Waals surface area contributed by atoms with Crippen LogP contribution in [0.1, 0.15) is 31.2 Å². The van der Waals surface area contributed by atoms with Crippen molar-refractivity contribution in [3.8, 4) is 5.75 Å². The molecule has 0 radical (unpaired) electrons. The maximum Gasteiger partial charge on any atom is 0.165 e. The van der Waals surface area contributed by atoms with E-state index in [-0.39, 0.29) is 11.4 Å². The third-order valence-electron chi connectivity index (χ3n) is 5.01. The quantitative estimate of drug-likeness (QED) is 0.873. The van der Waals surface area contributed by atoms with Crippen LogP contribution in [0.2, 0.25) is 0 Å². The van der Waals surface area contributed by atoms with Gasteiger partial charge in [0.05, 0.1) is 7.11 Å². The molecule has 0 spiro atoms. The summed E-state index contributed by atoms with van der Waals surface area (Å²) >= 11 is 0. The van der Waals surface area contributed by atoms with Gasteiger partial charge in [-0.2, -0.15) is 0 Å². The highest BCUT2D eigenvalue weighted by Gasteiger charge is 2.42. The van der Waals surface area contributed by atoms with Crippen LogP contribution in [0.5, 0.6) is 5.75 Å². The summed E-state index contributed by atoms with van der Waals surface area (Å²) < 4.78 is 18.9. The summed E-state index contributed by atoms with van der Waals surface area (Å²) in [6.45, 7) is 0. The van der Waals surface area contributed by atoms with Gasteiger partial charge < -0.3 is 15.0 Å². The van der Waals surface area contributed by atoms with Crippen LogP contribution < -0.4 is 10.1 Å². The summed E-state index contributed by atoms with van der Waals surface area (Å²) in [5, 5.41) is 3.47. The molecule has 1 unspecified atom stereocenters. The fraction of sp³-hybridized carbons (Fsp3) is 0.647. The predicted molar refractivity (Wildman–Crippen MR) is 84.4 cm³/mol. The van der Waals surface area contributed by atoms with Crippen LogP contribution in [0, 0.1) is 5.82 Å². The molecule has 0 aliphatic heterocycles. The van der Waals surface area contributed by atoms with Gasteiger partial charge in [-0.3, -0.25) is 0 Å². The first-order chi connectivity index (χ1) is 10.0. The van der Waals surface area contributed by atoms with E-state index < -0.39 is 0 Å². The van der Waals surface area contributed by atoms with Crippen molar-refractivity contribution in [1.82, 2.24) is 10.2 Å². The molecule has 1 N–H and O–H groups in total. The van der Waals surface area contributed by atoms with Crippen molar-refractivity contribution in [1.29, 1.82) is 0 Å². The van der Waals surface area contributed by atoms with Gasteiger partial charge in [-0.25, -0.2) is 4.39 Å². The average molecular weight is 294 g/mol. The van der Waals surface area contributed by atoms with Gasteiger partial charge in [0.2, 0.25) is 0 Å². The van der Waals surface area contributed by atoms with Crippen molar-refractivity contribution in [2.45, 2.75) is 43.7 Å². The van der Waals surface area contributed by atoms with E-state index in [4.69, 9.17) is 4.74 Å². The second-order valence-corrected chi connectivity index (χ2v) is 6.22. The van der Waals surface area contributed by atoms with E-state index in [0.717, 1.165) is 12.0 Å². The molecule has 1 saturated carbocycles. The minimum Gasteiger partial charge on any atom is -0.494 e. The zero-order valence-electron chi connectivity index (χ0n) is 13.6. The average Bonchev–Trinajstić information content (AvgIpc) is 2.95. The summed E-state index contributed by atoms with van der Waals surface area (Å²) in [6.07, 6.45) is 5.77. The summed E-state index contributed by atoms with van der Waals surface area (Å²) in [7, 11) is 7.82. The lowest BCUT2D eigenvalue weighted by atomic mass is 9.83. The highest BCUT2D eigenvalue weighted by atomic mass is 19.1. The van der Waals surface area contributed by atoms with Gasteiger partial charge in [0.1, 0.15) is 0 Å². The number of likely N-dealkylation sites (N-methyl/N-ethyl adjacent to an activating group) is 2. The molecule has 0 saturated heterocycles. The number of halogens is 1. The molecular weight excluding hydrogens is 267 g/mol. The van der Waals surface area contributed by atoms with Crippen molar-refractivity contribution in [2.24, 2.45) is 0 Å². The lowest BCUT2D eigenvalue weighted by Crippen LogP contribution is -2.57. The molecule has 2 rings (SSSR count). The Labute approximate surface area is 127 Å². The summed E-state index contributed by atoms with van der Waals surface area (Å²) in [6, 6.07) is 5.60. The number of ether oxygens (including phenoxy) is 1. The molecule has 1 fully saturated rings. The number of hydrogen-bond acceptors (Lipinski definition) is 3. The van der Waals surface area contributed by atoms with Crippen molar-refractivity contribution in [2.75, 3.05) is 28.3 Å². The van der Waals surface area contributed by atoms with Gasteiger partial charge in [0, 0.05) is 11.6 Å². The van der Waals surface area contributed by atoms with Gasteiger partial charge in [-0.05, 0) is 58.1 Å². The van der Waals surface area contributed by atoms with E-state index in [9.17, 15) is 4.39 Å². The third kappa shape index (κ3) is 3.22. The number of rotatable bonds is 6. The molecule has 21 heavy (non-hydrogen) atoms. The van der Waals surface area contributed by atoms with Crippen LogP contribution in [0.4, 0.5) is 4.39 Å². The number of hydrogen-bond donors (Lipinski definition) is 1. The highest BCUT2D eigenvalue weighted by molar-refractivity contribution is 5.30. The number of nitrogens with zero attached hydrogens (tertiary/aromatic N) is 1. The van der Waals surface area contributed by atoms with E-state index >= 15 is 0 Å². The van der Waals surface area contributed by atoms with Crippen molar-refractivity contribution >= 4 is 0 Å². The molecule has 4 heteroatoms. The molecule has 1 aromatic carbocycles. The number of nitrogens with one attached hydrogen (secondary N) is 1.